The number of aliphatic hydroxyl groups is 1. The first-order valence-corrected chi connectivity index (χ1v) is 11.4. The summed E-state index contributed by atoms with van der Waals surface area (Å²) >= 11 is 0. The minimum Gasteiger partial charge on any atom is -0.506 e. The van der Waals surface area contributed by atoms with Gasteiger partial charge < -0.3 is 15.3 Å². The summed E-state index contributed by atoms with van der Waals surface area (Å²) in [5, 5.41) is 37.0. The summed E-state index contributed by atoms with van der Waals surface area (Å²) in [7, 11) is -8.43. The maximum atomic E-state index is 12.1. The number of nitrogens with zero attached hydrogens (tertiary/aromatic N) is 2. The van der Waals surface area contributed by atoms with E-state index in [4.69, 9.17) is 5.11 Å². The molecule has 0 saturated heterocycles. The van der Waals surface area contributed by atoms with Crippen LogP contribution in [-0.4, -0.2) is 49.1 Å². The topological polar surface area (TPSA) is 174 Å². The number of sulfone groups is 1. The predicted octanol–water partition coefficient (Wildman–Crippen LogP) is 2.68. The van der Waals surface area contributed by atoms with Crippen molar-refractivity contribution in [2.24, 2.45) is 10.2 Å². The highest BCUT2D eigenvalue weighted by Gasteiger charge is 2.19. The van der Waals surface area contributed by atoms with Crippen LogP contribution >= 0.6 is 0 Å². The first-order valence-electron chi connectivity index (χ1n) is 8.35. The van der Waals surface area contributed by atoms with Gasteiger partial charge in [0.15, 0.2) is 15.6 Å². The van der Waals surface area contributed by atoms with Crippen molar-refractivity contribution in [3.8, 4) is 11.5 Å². The molecule has 4 N–H and O–H groups in total. The molecule has 0 atom stereocenters. The van der Waals surface area contributed by atoms with Gasteiger partial charge in [-0.3, -0.25) is 4.55 Å². The van der Waals surface area contributed by atoms with Crippen LogP contribution in [0.2, 0.25) is 0 Å². The second kappa shape index (κ2) is 7.99. The molecule has 0 fully saturated rings. The van der Waals surface area contributed by atoms with Crippen LogP contribution in [0.25, 0.3) is 10.8 Å². The molecule has 3 rings (SSSR count). The normalized spacial score (nSPS) is 12.6. The van der Waals surface area contributed by atoms with Crippen LogP contribution in [0.5, 0.6) is 11.5 Å². The van der Waals surface area contributed by atoms with Crippen LogP contribution in [-0.2, 0) is 20.0 Å². The van der Waals surface area contributed by atoms with E-state index >= 15 is 0 Å². The van der Waals surface area contributed by atoms with Crippen molar-refractivity contribution in [3.63, 3.8) is 0 Å². The maximum Gasteiger partial charge on any atom is 0.295 e. The van der Waals surface area contributed by atoms with E-state index in [0.717, 1.165) is 24.3 Å². The van der Waals surface area contributed by atoms with E-state index in [9.17, 15) is 31.6 Å². The monoisotopic (exact) mass is 452 g/mol. The highest BCUT2D eigenvalue weighted by atomic mass is 32.2. The van der Waals surface area contributed by atoms with Gasteiger partial charge in [-0.05, 0) is 35.7 Å². The molecule has 10 nitrogen and oxygen atoms in total. The molecule has 12 heteroatoms. The van der Waals surface area contributed by atoms with Gasteiger partial charge in [0.1, 0.15) is 22.0 Å². The average Bonchev–Trinajstić information content (AvgIpc) is 2.67. The van der Waals surface area contributed by atoms with Gasteiger partial charge in [-0.15, -0.1) is 10.2 Å². The standard InChI is InChI=1S/C18H16N2O8S2/c21-8-9-29(24,25)12-5-7-15(22)14(10-12)20-19-13-6-4-11-2-1-3-16(30(26,27)28)17(11)18(13)23/h1-7,10,21-23H,8-9H2,(H,26,27,28). The fraction of sp³-hybridized carbons (Fsp3) is 0.111. The molecule has 0 aromatic heterocycles. The molecule has 0 saturated carbocycles. The SMILES string of the molecule is O=S(=O)(O)c1cccc2ccc(N=Nc3cc(S(=O)(=O)CCO)ccc3O)c(O)c12. The van der Waals surface area contributed by atoms with E-state index in [1.807, 2.05) is 0 Å². The Morgan fingerprint density at radius 2 is 1.57 bits per heavy atom. The summed E-state index contributed by atoms with van der Waals surface area (Å²) in [5.41, 5.74) is -0.404. The molecule has 30 heavy (non-hydrogen) atoms. The lowest BCUT2D eigenvalue weighted by atomic mass is 10.1. The van der Waals surface area contributed by atoms with Crippen molar-refractivity contribution in [1.29, 1.82) is 0 Å². The molecule has 0 radical (unpaired) electrons. The van der Waals surface area contributed by atoms with Crippen molar-refractivity contribution >= 4 is 42.1 Å². The summed E-state index contributed by atoms with van der Waals surface area (Å²) in [6.45, 7) is -0.582. The molecular formula is C18H16N2O8S2. The highest BCUT2D eigenvalue weighted by Crippen LogP contribution is 2.39. The number of phenols is 2. The number of benzene rings is 3. The van der Waals surface area contributed by atoms with E-state index in [0.29, 0.717) is 5.39 Å². The molecule has 0 bridgehead atoms. The molecule has 0 aliphatic carbocycles. The molecule has 0 heterocycles. The van der Waals surface area contributed by atoms with E-state index < -0.39 is 43.0 Å². The third-order valence-electron chi connectivity index (χ3n) is 4.17. The Balaban J connectivity index is 2.10. The Kier molecular flexibility index (Phi) is 5.76. The Bertz CT molecular complexity index is 1370. The number of aliphatic hydroxyl groups excluding tert-OH is 1. The van der Waals surface area contributed by atoms with E-state index in [1.165, 1.54) is 24.3 Å². The zero-order chi connectivity index (χ0) is 22.1. The highest BCUT2D eigenvalue weighted by molar-refractivity contribution is 7.91. The number of phenolic OH excluding ortho intramolecular Hbond substituents is 2. The van der Waals surface area contributed by atoms with E-state index in [-0.39, 0.29) is 27.4 Å². The zero-order valence-corrected chi connectivity index (χ0v) is 16.8. The Morgan fingerprint density at radius 3 is 2.23 bits per heavy atom. The first kappa shape index (κ1) is 21.6. The molecular weight excluding hydrogens is 436 g/mol. The van der Waals surface area contributed by atoms with Gasteiger partial charge in [-0.1, -0.05) is 18.2 Å². The van der Waals surface area contributed by atoms with Crippen LogP contribution in [0.3, 0.4) is 0 Å². The molecule has 158 valence electrons. The molecule has 0 aliphatic heterocycles. The quantitative estimate of drug-likeness (QED) is 0.326. The Labute approximate surface area is 171 Å². The number of aromatic hydroxyl groups is 2. The smallest absolute Gasteiger partial charge is 0.295 e. The van der Waals surface area contributed by atoms with Crippen molar-refractivity contribution in [1.82, 2.24) is 0 Å². The third-order valence-corrected chi connectivity index (χ3v) is 6.76. The average molecular weight is 452 g/mol. The number of azo groups is 1. The van der Waals surface area contributed by atoms with Gasteiger partial charge in [0.2, 0.25) is 0 Å². The third kappa shape index (κ3) is 4.26. The van der Waals surface area contributed by atoms with Gasteiger partial charge in [0.05, 0.1) is 17.3 Å². The largest absolute Gasteiger partial charge is 0.506 e. The lowest BCUT2D eigenvalue weighted by Gasteiger charge is -2.08. The van der Waals surface area contributed by atoms with Crippen molar-refractivity contribution < 1.29 is 36.7 Å². The molecule has 0 aliphatic rings. The van der Waals surface area contributed by atoms with Gasteiger partial charge >= 0.3 is 0 Å². The second-order valence-electron chi connectivity index (χ2n) is 6.16. The van der Waals surface area contributed by atoms with Gasteiger partial charge in [-0.25, -0.2) is 8.42 Å². The number of hydrogen-bond acceptors (Lipinski definition) is 9. The van der Waals surface area contributed by atoms with Gasteiger partial charge in [0, 0.05) is 5.39 Å². The molecule has 0 unspecified atom stereocenters. The zero-order valence-electron chi connectivity index (χ0n) is 15.2. The minimum absolute atomic E-state index is 0.167. The van der Waals surface area contributed by atoms with E-state index in [1.54, 1.807) is 0 Å². The van der Waals surface area contributed by atoms with Crippen LogP contribution in [0.4, 0.5) is 11.4 Å². The predicted molar refractivity (Wildman–Crippen MR) is 107 cm³/mol. The minimum atomic E-state index is -4.63. The number of fused-ring (bicyclic) bond motifs is 1. The number of hydrogen-bond donors (Lipinski definition) is 4. The fourth-order valence-corrected chi connectivity index (χ4v) is 4.50. The summed E-state index contributed by atoms with van der Waals surface area (Å²) in [5.74, 6) is -1.48. The van der Waals surface area contributed by atoms with Crippen molar-refractivity contribution in [3.05, 3.63) is 48.5 Å². The Morgan fingerprint density at radius 1 is 0.867 bits per heavy atom. The molecule has 0 spiro atoms. The number of rotatable bonds is 6. The van der Waals surface area contributed by atoms with Crippen molar-refractivity contribution in [2.75, 3.05) is 12.4 Å². The lowest BCUT2D eigenvalue weighted by Crippen LogP contribution is -2.09. The van der Waals surface area contributed by atoms with Crippen LogP contribution in [0.1, 0.15) is 0 Å². The second-order valence-corrected chi connectivity index (χ2v) is 9.65. The molecule has 0 amide bonds. The van der Waals surface area contributed by atoms with Crippen LogP contribution < -0.4 is 0 Å². The van der Waals surface area contributed by atoms with Gasteiger partial charge in [0.25, 0.3) is 10.1 Å². The molecule has 3 aromatic rings. The summed E-state index contributed by atoms with van der Waals surface area (Å²) in [6, 6.07) is 10.1. The fourth-order valence-electron chi connectivity index (χ4n) is 2.73. The van der Waals surface area contributed by atoms with Crippen molar-refractivity contribution in [2.45, 2.75) is 9.79 Å². The summed E-state index contributed by atoms with van der Waals surface area (Å²) in [4.78, 5) is -0.714. The maximum absolute atomic E-state index is 12.1. The first-order chi connectivity index (χ1) is 14.0. The van der Waals surface area contributed by atoms with E-state index in [2.05, 4.69) is 10.2 Å². The Hall–Kier alpha value is -3.06. The summed E-state index contributed by atoms with van der Waals surface area (Å²) < 4.78 is 56.7. The van der Waals surface area contributed by atoms with Crippen LogP contribution in [0, 0.1) is 0 Å². The lowest BCUT2D eigenvalue weighted by molar-refractivity contribution is 0.319. The van der Waals surface area contributed by atoms with Gasteiger partial charge in [-0.2, -0.15) is 8.42 Å². The van der Waals surface area contributed by atoms with Crippen LogP contribution in [0.15, 0.2) is 68.6 Å². The summed E-state index contributed by atoms with van der Waals surface area (Å²) in [6.07, 6.45) is 0. The molecule has 3 aromatic carbocycles.